The van der Waals surface area contributed by atoms with E-state index in [2.05, 4.69) is 31.3 Å². The van der Waals surface area contributed by atoms with Crippen molar-refractivity contribution in [1.82, 2.24) is 0 Å². The summed E-state index contributed by atoms with van der Waals surface area (Å²) in [6.45, 7) is 8.78. The molecule has 0 aliphatic heterocycles. The van der Waals surface area contributed by atoms with Crippen LogP contribution in [-0.4, -0.2) is 12.5 Å². The van der Waals surface area contributed by atoms with E-state index in [9.17, 15) is 4.79 Å². The zero-order valence-electron chi connectivity index (χ0n) is 15.1. The van der Waals surface area contributed by atoms with Gasteiger partial charge in [0.15, 0.2) is 0 Å². The van der Waals surface area contributed by atoms with Gasteiger partial charge in [0.1, 0.15) is 5.75 Å². The molecule has 0 bridgehead atoms. The van der Waals surface area contributed by atoms with Crippen LogP contribution in [0.5, 0.6) is 5.75 Å². The van der Waals surface area contributed by atoms with E-state index in [0.717, 1.165) is 29.0 Å². The van der Waals surface area contributed by atoms with Gasteiger partial charge in [-0.15, -0.1) is 0 Å². The van der Waals surface area contributed by atoms with Crippen molar-refractivity contribution in [1.29, 1.82) is 0 Å². The smallest absolute Gasteiger partial charge is 0.224 e. The number of aryl methyl sites for hydroxylation is 4. The number of carbonyl (C=O) groups is 1. The first-order valence-corrected chi connectivity index (χ1v) is 8.59. The first-order valence-electron chi connectivity index (χ1n) is 8.59. The molecule has 0 aromatic heterocycles. The third-order valence-electron chi connectivity index (χ3n) is 4.14. The van der Waals surface area contributed by atoms with E-state index >= 15 is 0 Å². The van der Waals surface area contributed by atoms with Crippen LogP contribution in [0.1, 0.15) is 42.0 Å². The van der Waals surface area contributed by atoms with Gasteiger partial charge in [0.05, 0.1) is 6.61 Å². The van der Waals surface area contributed by atoms with Crippen molar-refractivity contribution >= 4 is 11.6 Å². The molecule has 1 N–H and O–H groups in total. The second-order valence-electron chi connectivity index (χ2n) is 6.23. The highest BCUT2D eigenvalue weighted by molar-refractivity contribution is 5.92. The van der Waals surface area contributed by atoms with Crippen LogP contribution in [0.3, 0.4) is 0 Å². The predicted molar refractivity (Wildman–Crippen MR) is 99.8 cm³/mol. The second-order valence-corrected chi connectivity index (χ2v) is 6.23. The second kappa shape index (κ2) is 8.53. The Morgan fingerprint density at radius 2 is 1.88 bits per heavy atom. The van der Waals surface area contributed by atoms with Gasteiger partial charge >= 0.3 is 0 Å². The maximum absolute atomic E-state index is 12.2. The van der Waals surface area contributed by atoms with Gasteiger partial charge in [0, 0.05) is 12.1 Å². The van der Waals surface area contributed by atoms with E-state index in [-0.39, 0.29) is 5.91 Å². The van der Waals surface area contributed by atoms with Crippen molar-refractivity contribution in [3.63, 3.8) is 0 Å². The molecule has 1 amide bonds. The monoisotopic (exact) mass is 325 g/mol. The van der Waals surface area contributed by atoms with Gasteiger partial charge in [-0.3, -0.25) is 4.79 Å². The molecule has 24 heavy (non-hydrogen) atoms. The molecule has 0 heterocycles. The summed E-state index contributed by atoms with van der Waals surface area (Å²) in [6.07, 6.45) is 2.07. The standard InChI is InChI=1S/C21H27NO2/c1-5-18-9-6-8-16(3)21(18)22-20(23)10-7-13-24-19-12-11-15(2)14-17(19)4/h6,8-9,11-12,14H,5,7,10,13H2,1-4H3,(H,22,23). The number of rotatable bonds is 7. The molecule has 128 valence electrons. The first-order chi connectivity index (χ1) is 11.5. The molecule has 0 aliphatic rings. The Morgan fingerprint density at radius 1 is 1.08 bits per heavy atom. The molecular weight excluding hydrogens is 298 g/mol. The summed E-state index contributed by atoms with van der Waals surface area (Å²) in [5, 5.41) is 3.05. The zero-order valence-corrected chi connectivity index (χ0v) is 15.1. The van der Waals surface area contributed by atoms with Crippen LogP contribution in [0.15, 0.2) is 36.4 Å². The fourth-order valence-corrected chi connectivity index (χ4v) is 2.78. The van der Waals surface area contributed by atoms with Gasteiger partial charge in [0.25, 0.3) is 0 Å². The van der Waals surface area contributed by atoms with Crippen molar-refractivity contribution in [2.75, 3.05) is 11.9 Å². The van der Waals surface area contributed by atoms with Crippen molar-refractivity contribution in [2.24, 2.45) is 0 Å². The molecule has 0 aliphatic carbocycles. The molecule has 2 aromatic carbocycles. The number of anilines is 1. The maximum atomic E-state index is 12.2. The van der Waals surface area contributed by atoms with E-state index in [1.54, 1.807) is 0 Å². The van der Waals surface area contributed by atoms with Gasteiger partial charge < -0.3 is 10.1 Å². The van der Waals surface area contributed by atoms with Crippen LogP contribution in [0.2, 0.25) is 0 Å². The SMILES string of the molecule is CCc1cccc(C)c1NC(=O)CCCOc1ccc(C)cc1C. The lowest BCUT2D eigenvalue weighted by Crippen LogP contribution is -2.15. The third kappa shape index (κ3) is 4.85. The lowest BCUT2D eigenvalue weighted by atomic mass is 10.1. The molecule has 0 spiro atoms. The number of hydrogen-bond acceptors (Lipinski definition) is 2. The van der Waals surface area contributed by atoms with Crippen LogP contribution < -0.4 is 10.1 Å². The Kier molecular flexibility index (Phi) is 6.42. The molecule has 0 saturated carbocycles. The topological polar surface area (TPSA) is 38.3 Å². The number of nitrogens with one attached hydrogen (secondary N) is 1. The highest BCUT2D eigenvalue weighted by Gasteiger charge is 2.08. The number of benzene rings is 2. The molecular formula is C21H27NO2. The Morgan fingerprint density at radius 3 is 2.58 bits per heavy atom. The zero-order chi connectivity index (χ0) is 17.5. The molecule has 0 unspecified atom stereocenters. The number of hydrogen-bond donors (Lipinski definition) is 1. The van der Waals surface area contributed by atoms with Crippen LogP contribution >= 0.6 is 0 Å². The summed E-state index contributed by atoms with van der Waals surface area (Å²) in [4.78, 5) is 12.2. The van der Waals surface area contributed by atoms with Gasteiger partial charge in [-0.05, 0) is 56.4 Å². The quantitative estimate of drug-likeness (QED) is 0.730. The van der Waals surface area contributed by atoms with Crippen LogP contribution in [-0.2, 0) is 11.2 Å². The minimum absolute atomic E-state index is 0.0447. The molecule has 2 rings (SSSR count). The summed E-state index contributed by atoms with van der Waals surface area (Å²) >= 11 is 0. The Hall–Kier alpha value is -2.29. The van der Waals surface area contributed by atoms with Crippen LogP contribution in [0, 0.1) is 20.8 Å². The van der Waals surface area contributed by atoms with Crippen LogP contribution in [0.25, 0.3) is 0 Å². The van der Waals surface area contributed by atoms with E-state index in [1.165, 1.54) is 11.1 Å². The summed E-state index contributed by atoms with van der Waals surface area (Å²) < 4.78 is 5.78. The minimum atomic E-state index is 0.0447. The van der Waals surface area contributed by atoms with Gasteiger partial charge in [0.2, 0.25) is 5.91 Å². The largest absolute Gasteiger partial charge is 0.493 e. The molecule has 0 atom stereocenters. The summed E-state index contributed by atoms with van der Waals surface area (Å²) in [7, 11) is 0. The van der Waals surface area contributed by atoms with Crippen molar-refractivity contribution in [3.8, 4) is 5.75 Å². The lowest BCUT2D eigenvalue weighted by molar-refractivity contribution is -0.116. The van der Waals surface area contributed by atoms with Crippen molar-refractivity contribution < 1.29 is 9.53 Å². The number of amides is 1. The van der Waals surface area contributed by atoms with Crippen molar-refractivity contribution in [3.05, 3.63) is 58.7 Å². The molecule has 0 saturated heterocycles. The average Bonchev–Trinajstić information content (AvgIpc) is 2.55. The molecule has 3 nitrogen and oxygen atoms in total. The predicted octanol–water partition coefficient (Wildman–Crippen LogP) is 4.97. The average molecular weight is 325 g/mol. The van der Waals surface area contributed by atoms with Crippen molar-refractivity contribution in [2.45, 2.75) is 47.0 Å². The normalized spacial score (nSPS) is 10.5. The number of carbonyl (C=O) groups excluding carboxylic acids is 1. The highest BCUT2D eigenvalue weighted by Crippen LogP contribution is 2.22. The van der Waals surface area contributed by atoms with Crippen LogP contribution in [0.4, 0.5) is 5.69 Å². The van der Waals surface area contributed by atoms with Gasteiger partial charge in [-0.25, -0.2) is 0 Å². The fraction of sp³-hybridized carbons (Fsp3) is 0.381. The number of para-hydroxylation sites is 1. The van der Waals surface area contributed by atoms with E-state index in [4.69, 9.17) is 4.74 Å². The summed E-state index contributed by atoms with van der Waals surface area (Å²) in [5.74, 6) is 0.941. The van der Waals surface area contributed by atoms with Gasteiger partial charge in [-0.1, -0.05) is 42.8 Å². The third-order valence-corrected chi connectivity index (χ3v) is 4.14. The van der Waals surface area contributed by atoms with E-state index in [0.29, 0.717) is 19.4 Å². The Bertz CT molecular complexity index is 707. The Labute approximate surface area is 145 Å². The van der Waals surface area contributed by atoms with Gasteiger partial charge in [-0.2, -0.15) is 0 Å². The highest BCUT2D eigenvalue weighted by atomic mass is 16.5. The first kappa shape index (κ1) is 18.1. The molecule has 0 fully saturated rings. The lowest BCUT2D eigenvalue weighted by Gasteiger charge is -2.13. The molecule has 2 aromatic rings. The van der Waals surface area contributed by atoms with E-state index in [1.807, 2.05) is 38.1 Å². The minimum Gasteiger partial charge on any atom is -0.493 e. The Balaban J connectivity index is 1.82. The fourth-order valence-electron chi connectivity index (χ4n) is 2.78. The molecule has 3 heteroatoms. The maximum Gasteiger partial charge on any atom is 0.224 e. The summed E-state index contributed by atoms with van der Waals surface area (Å²) in [5.41, 5.74) is 5.60. The van der Waals surface area contributed by atoms with E-state index < -0.39 is 0 Å². The molecule has 0 radical (unpaired) electrons. The summed E-state index contributed by atoms with van der Waals surface area (Å²) in [6, 6.07) is 12.3. The number of ether oxygens (including phenoxy) is 1.